The molecule has 3 aromatic rings. The summed E-state index contributed by atoms with van der Waals surface area (Å²) in [5.41, 5.74) is 2.00. The fourth-order valence-corrected chi connectivity index (χ4v) is 2.69. The normalized spacial score (nSPS) is 10.3. The number of rotatable bonds is 6. The van der Waals surface area contributed by atoms with Crippen LogP contribution in [0.25, 0.3) is 0 Å². The van der Waals surface area contributed by atoms with Crippen LogP contribution in [0.15, 0.2) is 48.5 Å². The number of amides is 1. The molecule has 3 rings (SSSR count). The van der Waals surface area contributed by atoms with Gasteiger partial charge in [0.2, 0.25) is 5.95 Å². The highest BCUT2D eigenvalue weighted by molar-refractivity contribution is 6.33. The average Bonchev–Trinajstić information content (AvgIpc) is 2.69. The van der Waals surface area contributed by atoms with Gasteiger partial charge in [-0.15, -0.1) is 0 Å². The molecular formula is C20H19ClN4O3. The Morgan fingerprint density at radius 1 is 1.00 bits per heavy atom. The van der Waals surface area contributed by atoms with Gasteiger partial charge in [-0.25, -0.2) is 9.97 Å². The first-order chi connectivity index (χ1) is 13.5. The van der Waals surface area contributed by atoms with E-state index >= 15 is 0 Å². The van der Waals surface area contributed by atoms with Gasteiger partial charge in [0.25, 0.3) is 5.91 Å². The summed E-state index contributed by atoms with van der Waals surface area (Å²) in [4.78, 5) is 21.3. The third-order valence-corrected chi connectivity index (χ3v) is 4.19. The highest BCUT2D eigenvalue weighted by atomic mass is 35.5. The molecule has 0 fully saturated rings. The second-order valence-corrected chi connectivity index (χ2v) is 6.25. The zero-order valence-corrected chi connectivity index (χ0v) is 16.4. The van der Waals surface area contributed by atoms with Crippen molar-refractivity contribution < 1.29 is 14.3 Å². The third-order valence-electron chi connectivity index (χ3n) is 3.86. The zero-order chi connectivity index (χ0) is 20.1. The molecule has 0 aliphatic heterocycles. The van der Waals surface area contributed by atoms with Crippen molar-refractivity contribution in [3.63, 3.8) is 0 Å². The number of hydrogen-bond acceptors (Lipinski definition) is 6. The number of anilines is 3. The van der Waals surface area contributed by atoms with Gasteiger partial charge >= 0.3 is 0 Å². The lowest BCUT2D eigenvalue weighted by Crippen LogP contribution is -2.16. The minimum Gasteiger partial charge on any atom is -0.497 e. The Hall–Kier alpha value is -3.32. The first-order valence-electron chi connectivity index (χ1n) is 8.41. The Labute approximate surface area is 167 Å². The van der Waals surface area contributed by atoms with E-state index in [1.165, 1.54) is 7.11 Å². The van der Waals surface area contributed by atoms with Crippen molar-refractivity contribution in [1.29, 1.82) is 0 Å². The van der Waals surface area contributed by atoms with Crippen molar-refractivity contribution in [3.8, 4) is 11.5 Å². The molecule has 0 saturated heterocycles. The van der Waals surface area contributed by atoms with Crippen LogP contribution in [0.2, 0.25) is 5.02 Å². The minimum absolute atomic E-state index is 0.208. The molecule has 0 radical (unpaired) electrons. The van der Waals surface area contributed by atoms with Crippen molar-refractivity contribution in [2.75, 3.05) is 24.9 Å². The maximum absolute atomic E-state index is 12.7. The van der Waals surface area contributed by atoms with E-state index in [2.05, 4.69) is 20.6 Å². The highest BCUT2D eigenvalue weighted by Gasteiger charge is 2.14. The summed E-state index contributed by atoms with van der Waals surface area (Å²) in [6.07, 6.45) is 0. The predicted octanol–water partition coefficient (Wildman–Crippen LogP) is 4.45. The molecule has 0 aliphatic carbocycles. The molecule has 0 saturated carbocycles. The zero-order valence-electron chi connectivity index (χ0n) is 15.6. The van der Waals surface area contributed by atoms with Crippen molar-refractivity contribution in [2.45, 2.75) is 6.92 Å². The van der Waals surface area contributed by atoms with Crippen molar-refractivity contribution in [2.24, 2.45) is 0 Å². The van der Waals surface area contributed by atoms with E-state index in [4.69, 9.17) is 21.1 Å². The molecule has 8 heteroatoms. The maximum atomic E-state index is 12.7. The van der Waals surface area contributed by atoms with Crippen LogP contribution in [-0.2, 0) is 0 Å². The molecular weight excluding hydrogens is 380 g/mol. The van der Waals surface area contributed by atoms with Crippen LogP contribution in [-0.4, -0.2) is 30.1 Å². The molecule has 1 amide bonds. The SMILES string of the molecule is COc1ccc(NC(=O)c2cc(C)nc(Nc3ccccc3Cl)n2)c(OC)c1. The van der Waals surface area contributed by atoms with Crippen molar-refractivity contribution in [3.05, 3.63) is 64.9 Å². The Morgan fingerprint density at radius 2 is 1.79 bits per heavy atom. The lowest BCUT2D eigenvalue weighted by Gasteiger charge is -2.12. The van der Waals surface area contributed by atoms with E-state index in [0.717, 1.165) is 0 Å². The molecule has 7 nitrogen and oxygen atoms in total. The Bertz CT molecular complexity index is 1010. The number of carbonyl (C=O) groups is 1. The summed E-state index contributed by atoms with van der Waals surface area (Å²) in [6.45, 7) is 1.78. The van der Waals surface area contributed by atoms with E-state index < -0.39 is 5.91 Å². The minimum atomic E-state index is -0.392. The topological polar surface area (TPSA) is 85.4 Å². The molecule has 144 valence electrons. The van der Waals surface area contributed by atoms with Crippen LogP contribution in [0.4, 0.5) is 17.3 Å². The van der Waals surface area contributed by atoms with Crippen LogP contribution >= 0.6 is 11.6 Å². The number of nitrogens with zero attached hydrogens (tertiary/aromatic N) is 2. The number of nitrogens with one attached hydrogen (secondary N) is 2. The molecule has 1 aromatic heterocycles. The quantitative estimate of drug-likeness (QED) is 0.638. The molecule has 2 aromatic carbocycles. The standard InChI is InChI=1S/C20H19ClN4O3/c1-12-10-17(25-20(22-12)24-15-7-5-4-6-14(15)21)19(26)23-16-9-8-13(27-2)11-18(16)28-3/h4-11H,1-3H3,(H,23,26)(H,22,24,25). The largest absolute Gasteiger partial charge is 0.497 e. The van der Waals surface area contributed by atoms with Gasteiger partial charge in [-0.05, 0) is 37.3 Å². The summed E-state index contributed by atoms with van der Waals surface area (Å²) in [6, 6.07) is 13.9. The molecule has 0 aliphatic rings. The first-order valence-corrected chi connectivity index (χ1v) is 8.78. The van der Waals surface area contributed by atoms with E-state index in [-0.39, 0.29) is 11.6 Å². The third kappa shape index (κ3) is 4.50. The summed E-state index contributed by atoms with van der Waals surface area (Å²) in [5, 5.41) is 6.36. The average molecular weight is 399 g/mol. The van der Waals surface area contributed by atoms with Gasteiger partial charge in [0.1, 0.15) is 17.2 Å². The van der Waals surface area contributed by atoms with Gasteiger partial charge < -0.3 is 20.1 Å². The van der Waals surface area contributed by atoms with Crippen LogP contribution in [0, 0.1) is 6.92 Å². The predicted molar refractivity (Wildman–Crippen MR) is 109 cm³/mol. The number of aromatic nitrogens is 2. The first kappa shape index (κ1) is 19.4. The number of ether oxygens (including phenoxy) is 2. The Morgan fingerprint density at radius 3 is 2.50 bits per heavy atom. The van der Waals surface area contributed by atoms with Gasteiger partial charge in [-0.3, -0.25) is 4.79 Å². The van der Waals surface area contributed by atoms with Crippen LogP contribution in [0.3, 0.4) is 0 Å². The second kappa shape index (κ2) is 8.58. The molecule has 0 spiro atoms. The second-order valence-electron chi connectivity index (χ2n) is 5.84. The molecule has 2 N–H and O–H groups in total. The summed E-state index contributed by atoms with van der Waals surface area (Å²) < 4.78 is 10.5. The number of para-hydroxylation sites is 1. The van der Waals surface area contributed by atoms with E-state index in [1.807, 2.05) is 12.1 Å². The Kier molecular flexibility index (Phi) is 5.96. The summed E-state index contributed by atoms with van der Waals surface area (Å²) in [7, 11) is 3.08. The number of benzene rings is 2. The van der Waals surface area contributed by atoms with E-state index in [0.29, 0.717) is 33.6 Å². The van der Waals surface area contributed by atoms with Gasteiger partial charge in [-0.2, -0.15) is 0 Å². The summed E-state index contributed by atoms with van der Waals surface area (Å²) >= 11 is 6.16. The maximum Gasteiger partial charge on any atom is 0.274 e. The lowest BCUT2D eigenvalue weighted by atomic mass is 10.2. The fraction of sp³-hybridized carbons (Fsp3) is 0.150. The van der Waals surface area contributed by atoms with E-state index in [9.17, 15) is 4.79 Å². The summed E-state index contributed by atoms with van der Waals surface area (Å²) in [5.74, 6) is 0.989. The highest BCUT2D eigenvalue weighted by Crippen LogP contribution is 2.29. The Balaban J connectivity index is 1.84. The van der Waals surface area contributed by atoms with Crippen LogP contribution < -0.4 is 20.1 Å². The number of methoxy groups -OCH3 is 2. The van der Waals surface area contributed by atoms with Crippen LogP contribution in [0.5, 0.6) is 11.5 Å². The van der Waals surface area contributed by atoms with Gasteiger partial charge in [0, 0.05) is 11.8 Å². The molecule has 0 atom stereocenters. The van der Waals surface area contributed by atoms with Crippen LogP contribution in [0.1, 0.15) is 16.2 Å². The molecule has 0 bridgehead atoms. The number of carbonyl (C=O) groups excluding carboxylic acids is 1. The molecule has 1 heterocycles. The van der Waals surface area contributed by atoms with E-state index in [1.54, 1.807) is 50.4 Å². The van der Waals surface area contributed by atoms with Crippen molar-refractivity contribution >= 4 is 34.8 Å². The number of hydrogen-bond donors (Lipinski definition) is 2. The number of halogens is 1. The van der Waals surface area contributed by atoms with Gasteiger partial charge in [0.15, 0.2) is 0 Å². The van der Waals surface area contributed by atoms with Crippen molar-refractivity contribution in [1.82, 2.24) is 9.97 Å². The molecule has 0 unspecified atom stereocenters. The number of aryl methyl sites for hydroxylation is 1. The lowest BCUT2D eigenvalue weighted by molar-refractivity contribution is 0.102. The smallest absolute Gasteiger partial charge is 0.274 e. The monoisotopic (exact) mass is 398 g/mol. The van der Waals surface area contributed by atoms with Gasteiger partial charge in [-0.1, -0.05) is 23.7 Å². The fourth-order valence-electron chi connectivity index (χ4n) is 2.51. The van der Waals surface area contributed by atoms with Gasteiger partial charge in [0.05, 0.1) is 30.6 Å². The molecule has 28 heavy (non-hydrogen) atoms.